The molecule has 1 aromatic carbocycles. The van der Waals surface area contributed by atoms with Crippen LogP contribution in [0.5, 0.6) is 11.5 Å². The molecule has 0 bridgehead atoms. The smallest absolute Gasteiger partial charge is 0.405 e. The van der Waals surface area contributed by atoms with Gasteiger partial charge in [-0.05, 0) is 24.6 Å². The highest BCUT2D eigenvalue weighted by Gasteiger charge is 2.13. The summed E-state index contributed by atoms with van der Waals surface area (Å²) in [5, 5.41) is 13.2. The van der Waals surface area contributed by atoms with E-state index >= 15 is 0 Å². The summed E-state index contributed by atoms with van der Waals surface area (Å²) in [5.74, 6) is 1.03. The zero-order valence-electron chi connectivity index (χ0n) is 11.5. The Labute approximate surface area is 121 Å². The lowest BCUT2D eigenvalue weighted by molar-refractivity contribution is -0.122. The van der Waals surface area contributed by atoms with Gasteiger partial charge >= 0.3 is 6.09 Å². The number of carboxylic acid groups (broad SMARTS) is 1. The monoisotopic (exact) mass is 292 g/mol. The third-order valence-electron chi connectivity index (χ3n) is 2.83. The van der Waals surface area contributed by atoms with Crippen molar-refractivity contribution < 1.29 is 24.2 Å². The van der Waals surface area contributed by atoms with E-state index in [1.807, 2.05) is 24.3 Å². The molecular formula is C14H16N2O5. The van der Waals surface area contributed by atoms with Crippen LogP contribution in [0.15, 0.2) is 24.3 Å². The summed E-state index contributed by atoms with van der Waals surface area (Å²) < 4.78 is 10.5. The zero-order chi connectivity index (χ0) is 15.2. The van der Waals surface area contributed by atoms with Gasteiger partial charge < -0.3 is 25.2 Å². The lowest BCUT2D eigenvalue weighted by Crippen LogP contribution is -2.44. The minimum atomic E-state index is -1.23. The van der Waals surface area contributed by atoms with Crippen LogP contribution in [0.1, 0.15) is 12.5 Å². The molecule has 3 N–H and O–H groups in total. The lowest BCUT2D eigenvalue weighted by Gasteiger charge is -2.10. The van der Waals surface area contributed by atoms with Gasteiger partial charge in [0.15, 0.2) is 11.5 Å². The number of carbonyl (C=O) groups is 2. The third kappa shape index (κ3) is 4.13. The number of hydrogen-bond acceptors (Lipinski definition) is 4. The predicted octanol–water partition coefficient (Wildman–Crippen LogP) is 1.20. The Morgan fingerprint density at radius 2 is 2.14 bits per heavy atom. The third-order valence-corrected chi connectivity index (χ3v) is 2.83. The van der Waals surface area contributed by atoms with Gasteiger partial charge in [-0.25, -0.2) is 4.79 Å². The van der Waals surface area contributed by atoms with Gasteiger partial charge in [0.05, 0.1) is 0 Å². The summed E-state index contributed by atoms with van der Waals surface area (Å²) in [5.41, 5.74) is 0.921. The van der Waals surface area contributed by atoms with Crippen LogP contribution in [-0.2, 0) is 4.79 Å². The number of hydrogen-bond donors (Lipinski definition) is 3. The topological polar surface area (TPSA) is 96.9 Å². The highest BCUT2D eigenvalue weighted by Crippen LogP contribution is 2.32. The van der Waals surface area contributed by atoms with Crippen LogP contribution in [-0.4, -0.2) is 36.5 Å². The summed E-state index contributed by atoms with van der Waals surface area (Å²) in [6.45, 7) is 2.01. The number of benzene rings is 1. The van der Waals surface area contributed by atoms with Gasteiger partial charge in [-0.15, -0.1) is 0 Å². The molecule has 0 radical (unpaired) electrons. The minimum Gasteiger partial charge on any atom is -0.465 e. The fraction of sp³-hybridized carbons (Fsp3) is 0.286. The molecule has 21 heavy (non-hydrogen) atoms. The minimum absolute atomic E-state index is 0.229. The van der Waals surface area contributed by atoms with Gasteiger partial charge in [0.2, 0.25) is 12.7 Å². The van der Waals surface area contributed by atoms with Crippen molar-refractivity contribution >= 4 is 18.1 Å². The van der Waals surface area contributed by atoms with Gasteiger partial charge in [-0.2, -0.15) is 0 Å². The highest BCUT2D eigenvalue weighted by molar-refractivity contribution is 5.84. The number of rotatable bonds is 5. The molecule has 112 valence electrons. The maximum absolute atomic E-state index is 11.5. The van der Waals surface area contributed by atoms with Crippen LogP contribution in [0.25, 0.3) is 6.08 Å². The van der Waals surface area contributed by atoms with Crippen LogP contribution in [0.2, 0.25) is 0 Å². The first-order valence-electron chi connectivity index (χ1n) is 6.39. The number of nitrogens with one attached hydrogen (secondary N) is 2. The van der Waals surface area contributed by atoms with Crippen LogP contribution in [0.3, 0.4) is 0 Å². The molecule has 0 unspecified atom stereocenters. The Kier molecular flexibility index (Phi) is 4.65. The summed E-state index contributed by atoms with van der Waals surface area (Å²) in [6.07, 6.45) is 2.37. The SMILES string of the molecule is C[C@@H](NC(=O)O)C(=O)NC/C=C/c1ccc2c(c1)OCO2. The second-order valence-corrected chi connectivity index (χ2v) is 4.43. The Bertz CT molecular complexity index is 570. The first-order chi connectivity index (χ1) is 10.1. The molecule has 7 heteroatoms. The molecule has 0 aromatic heterocycles. The van der Waals surface area contributed by atoms with Gasteiger partial charge in [-0.1, -0.05) is 18.2 Å². The van der Waals surface area contributed by atoms with Crippen molar-refractivity contribution in [1.82, 2.24) is 10.6 Å². The Balaban J connectivity index is 1.80. The van der Waals surface area contributed by atoms with Gasteiger partial charge in [0, 0.05) is 6.54 Å². The van der Waals surface area contributed by atoms with Crippen LogP contribution >= 0.6 is 0 Å². The fourth-order valence-electron chi connectivity index (χ4n) is 1.78. The van der Waals surface area contributed by atoms with Crippen LogP contribution < -0.4 is 20.1 Å². The molecule has 0 saturated heterocycles. The maximum atomic E-state index is 11.5. The van der Waals surface area contributed by atoms with E-state index in [0.29, 0.717) is 18.0 Å². The molecule has 1 aliphatic heterocycles. The molecule has 1 atom stereocenters. The van der Waals surface area contributed by atoms with E-state index in [1.165, 1.54) is 6.92 Å². The molecular weight excluding hydrogens is 276 g/mol. The first-order valence-corrected chi connectivity index (χ1v) is 6.39. The Morgan fingerprint density at radius 1 is 1.38 bits per heavy atom. The number of amides is 2. The van der Waals surface area contributed by atoms with Gasteiger partial charge in [0.1, 0.15) is 6.04 Å². The second kappa shape index (κ2) is 6.65. The summed E-state index contributed by atoms with van der Waals surface area (Å²) in [6, 6.07) is 4.75. The largest absolute Gasteiger partial charge is 0.465 e. The summed E-state index contributed by atoms with van der Waals surface area (Å²) >= 11 is 0. The molecule has 0 spiro atoms. The molecule has 0 fully saturated rings. The molecule has 0 aliphatic carbocycles. The fourth-order valence-corrected chi connectivity index (χ4v) is 1.78. The number of fused-ring (bicyclic) bond motifs is 1. The van der Waals surface area contributed by atoms with E-state index in [1.54, 1.807) is 6.08 Å². The highest BCUT2D eigenvalue weighted by atomic mass is 16.7. The average molecular weight is 292 g/mol. The van der Waals surface area contributed by atoms with Crippen molar-refractivity contribution in [3.8, 4) is 11.5 Å². The number of carbonyl (C=O) groups excluding carboxylic acids is 1. The number of ether oxygens (including phenoxy) is 2. The molecule has 1 aliphatic rings. The van der Waals surface area contributed by atoms with Crippen molar-refractivity contribution in [2.24, 2.45) is 0 Å². The van der Waals surface area contributed by atoms with Crippen molar-refractivity contribution in [3.63, 3.8) is 0 Å². The van der Waals surface area contributed by atoms with Crippen molar-refractivity contribution in [2.45, 2.75) is 13.0 Å². The first kappa shape index (κ1) is 14.7. The Hall–Kier alpha value is -2.70. The molecule has 1 aromatic rings. The summed E-state index contributed by atoms with van der Waals surface area (Å²) in [4.78, 5) is 21.9. The molecule has 2 amide bonds. The average Bonchev–Trinajstić information content (AvgIpc) is 2.90. The van der Waals surface area contributed by atoms with E-state index < -0.39 is 12.1 Å². The second-order valence-electron chi connectivity index (χ2n) is 4.43. The lowest BCUT2D eigenvalue weighted by atomic mass is 10.2. The standard InChI is InChI=1S/C14H16N2O5/c1-9(16-14(18)19)13(17)15-6-2-3-10-4-5-11-12(7-10)21-8-20-11/h2-5,7,9,16H,6,8H2,1H3,(H,15,17)(H,18,19)/b3-2+/t9-/m1/s1. The van der Waals surface area contributed by atoms with E-state index in [9.17, 15) is 9.59 Å². The van der Waals surface area contributed by atoms with Crippen LogP contribution in [0.4, 0.5) is 4.79 Å². The van der Waals surface area contributed by atoms with Crippen molar-refractivity contribution in [1.29, 1.82) is 0 Å². The van der Waals surface area contributed by atoms with E-state index in [4.69, 9.17) is 14.6 Å². The molecule has 7 nitrogen and oxygen atoms in total. The zero-order valence-corrected chi connectivity index (χ0v) is 11.5. The predicted molar refractivity (Wildman–Crippen MR) is 75.2 cm³/mol. The van der Waals surface area contributed by atoms with E-state index in [0.717, 1.165) is 5.56 Å². The quantitative estimate of drug-likeness (QED) is 0.757. The molecule has 0 saturated carbocycles. The Morgan fingerprint density at radius 3 is 2.90 bits per heavy atom. The van der Waals surface area contributed by atoms with Crippen LogP contribution in [0, 0.1) is 0 Å². The van der Waals surface area contributed by atoms with Crippen molar-refractivity contribution in [2.75, 3.05) is 13.3 Å². The normalized spacial score (nSPS) is 14.0. The van der Waals surface area contributed by atoms with Gasteiger partial charge in [-0.3, -0.25) is 4.79 Å². The van der Waals surface area contributed by atoms with E-state index in [-0.39, 0.29) is 12.7 Å². The molecule has 2 rings (SSSR count). The van der Waals surface area contributed by atoms with Crippen molar-refractivity contribution in [3.05, 3.63) is 29.8 Å². The summed E-state index contributed by atoms with van der Waals surface area (Å²) in [7, 11) is 0. The molecule has 1 heterocycles. The maximum Gasteiger partial charge on any atom is 0.405 e. The van der Waals surface area contributed by atoms with E-state index in [2.05, 4.69) is 10.6 Å². The van der Waals surface area contributed by atoms with Gasteiger partial charge in [0.25, 0.3) is 0 Å².